The van der Waals surface area contributed by atoms with Crippen LogP contribution in [0.15, 0.2) is 48.5 Å². The van der Waals surface area contributed by atoms with Crippen molar-refractivity contribution in [3.05, 3.63) is 65.7 Å². The van der Waals surface area contributed by atoms with Crippen molar-refractivity contribution in [2.45, 2.75) is 32.9 Å². The molecule has 10 heteroatoms. The highest BCUT2D eigenvalue weighted by atomic mass is 32.2. The number of amides is 2. The van der Waals surface area contributed by atoms with Crippen LogP contribution in [0.4, 0.5) is 14.5 Å². The quantitative estimate of drug-likeness (QED) is 0.582. The molecule has 0 aromatic heterocycles. The van der Waals surface area contributed by atoms with E-state index in [1.54, 1.807) is 6.07 Å². The van der Waals surface area contributed by atoms with E-state index >= 15 is 0 Å². The van der Waals surface area contributed by atoms with E-state index in [1.165, 1.54) is 43.3 Å². The second kappa shape index (κ2) is 11.0. The van der Waals surface area contributed by atoms with Gasteiger partial charge in [0.1, 0.15) is 24.2 Å². The largest absolute Gasteiger partial charge is 0.354 e. The Kier molecular flexibility index (Phi) is 8.71. The van der Waals surface area contributed by atoms with E-state index in [0.717, 1.165) is 17.2 Å². The van der Waals surface area contributed by atoms with Crippen LogP contribution in [-0.4, -0.2) is 50.5 Å². The highest BCUT2D eigenvalue weighted by molar-refractivity contribution is 7.92. The maximum absolute atomic E-state index is 14.3. The number of carbonyl (C=O) groups excluding carboxylic acids is 2. The van der Waals surface area contributed by atoms with Crippen LogP contribution in [0.3, 0.4) is 0 Å². The standard InChI is InChI=1S/C22H27F2N3O4S/c1-4-13-25-22(29)16(2)26(14-17-9-5-6-10-18(17)23)21(28)15-27(32(3,30)31)20-12-8-7-11-19(20)24/h5-12,16H,4,13-15H2,1-3H3,(H,25,29)/t16-/m0/s1. The van der Waals surface area contributed by atoms with E-state index in [-0.39, 0.29) is 17.8 Å². The van der Waals surface area contributed by atoms with E-state index in [0.29, 0.717) is 17.3 Å². The lowest BCUT2D eigenvalue weighted by atomic mass is 10.1. The lowest BCUT2D eigenvalue weighted by Gasteiger charge is -2.31. The fourth-order valence-electron chi connectivity index (χ4n) is 3.04. The SMILES string of the molecule is CCCNC(=O)[C@H](C)N(Cc1ccccc1F)C(=O)CN(c1ccccc1F)S(C)(=O)=O. The Bertz CT molecular complexity index is 1060. The van der Waals surface area contributed by atoms with Crippen molar-refractivity contribution in [1.29, 1.82) is 0 Å². The predicted octanol–water partition coefficient (Wildman–Crippen LogP) is 2.67. The average Bonchev–Trinajstić information content (AvgIpc) is 2.74. The second-order valence-electron chi connectivity index (χ2n) is 7.30. The number of para-hydroxylation sites is 1. The van der Waals surface area contributed by atoms with Gasteiger partial charge in [-0.3, -0.25) is 13.9 Å². The van der Waals surface area contributed by atoms with Gasteiger partial charge in [0.15, 0.2) is 0 Å². The van der Waals surface area contributed by atoms with Gasteiger partial charge in [0.2, 0.25) is 21.8 Å². The summed E-state index contributed by atoms with van der Waals surface area (Å²) >= 11 is 0. The Balaban J connectivity index is 2.40. The molecule has 174 valence electrons. The molecule has 2 aromatic carbocycles. The van der Waals surface area contributed by atoms with Crippen LogP contribution in [0.5, 0.6) is 0 Å². The number of hydrogen-bond donors (Lipinski definition) is 1. The topological polar surface area (TPSA) is 86.8 Å². The van der Waals surface area contributed by atoms with Crippen molar-refractivity contribution >= 4 is 27.5 Å². The lowest BCUT2D eigenvalue weighted by Crippen LogP contribution is -2.51. The molecule has 0 radical (unpaired) electrons. The van der Waals surface area contributed by atoms with Crippen molar-refractivity contribution in [3.63, 3.8) is 0 Å². The number of rotatable bonds is 10. The van der Waals surface area contributed by atoms with Crippen LogP contribution in [0.25, 0.3) is 0 Å². The molecular weight excluding hydrogens is 440 g/mol. The number of halogens is 2. The molecule has 0 saturated carbocycles. The van der Waals surface area contributed by atoms with E-state index in [9.17, 15) is 26.8 Å². The van der Waals surface area contributed by atoms with Gasteiger partial charge in [-0.05, 0) is 31.5 Å². The first kappa shape index (κ1) is 25.3. The minimum atomic E-state index is -4.04. The van der Waals surface area contributed by atoms with Crippen LogP contribution < -0.4 is 9.62 Å². The summed E-state index contributed by atoms with van der Waals surface area (Å²) < 4.78 is 53.9. The molecule has 0 spiro atoms. The van der Waals surface area contributed by atoms with Crippen LogP contribution in [0.2, 0.25) is 0 Å². The minimum Gasteiger partial charge on any atom is -0.354 e. The summed E-state index contributed by atoms with van der Waals surface area (Å²) in [6.07, 6.45) is 1.53. The van der Waals surface area contributed by atoms with Crippen molar-refractivity contribution in [1.82, 2.24) is 10.2 Å². The molecule has 0 saturated heterocycles. The zero-order valence-electron chi connectivity index (χ0n) is 18.2. The molecule has 1 N–H and O–H groups in total. The molecule has 0 aliphatic carbocycles. The number of benzene rings is 2. The highest BCUT2D eigenvalue weighted by Crippen LogP contribution is 2.22. The molecule has 0 heterocycles. The Morgan fingerprint density at radius 2 is 1.62 bits per heavy atom. The summed E-state index contributed by atoms with van der Waals surface area (Å²) in [6.45, 7) is 2.71. The molecule has 2 rings (SSSR count). The van der Waals surface area contributed by atoms with Gasteiger partial charge in [0.05, 0.1) is 11.9 Å². The van der Waals surface area contributed by atoms with Crippen LogP contribution in [-0.2, 0) is 26.2 Å². The first-order valence-electron chi connectivity index (χ1n) is 10.1. The van der Waals surface area contributed by atoms with Gasteiger partial charge in [-0.1, -0.05) is 37.3 Å². The average molecular weight is 468 g/mol. The molecule has 0 aliphatic rings. The van der Waals surface area contributed by atoms with Gasteiger partial charge < -0.3 is 10.2 Å². The monoisotopic (exact) mass is 467 g/mol. The second-order valence-corrected chi connectivity index (χ2v) is 9.21. The zero-order chi connectivity index (χ0) is 23.9. The molecule has 2 aromatic rings. The third kappa shape index (κ3) is 6.49. The normalized spacial score (nSPS) is 12.2. The maximum Gasteiger partial charge on any atom is 0.244 e. The number of anilines is 1. The van der Waals surface area contributed by atoms with E-state index in [1.807, 2.05) is 6.92 Å². The van der Waals surface area contributed by atoms with Gasteiger partial charge >= 0.3 is 0 Å². The fourth-order valence-corrected chi connectivity index (χ4v) is 3.89. The molecule has 32 heavy (non-hydrogen) atoms. The van der Waals surface area contributed by atoms with Crippen LogP contribution >= 0.6 is 0 Å². The van der Waals surface area contributed by atoms with Crippen LogP contribution in [0.1, 0.15) is 25.8 Å². The molecule has 0 bridgehead atoms. The van der Waals surface area contributed by atoms with Gasteiger partial charge in [-0.2, -0.15) is 0 Å². The number of nitrogens with zero attached hydrogens (tertiary/aromatic N) is 2. The fraction of sp³-hybridized carbons (Fsp3) is 0.364. The molecule has 0 unspecified atom stereocenters. The first-order chi connectivity index (χ1) is 15.1. The molecule has 1 atom stereocenters. The smallest absolute Gasteiger partial charge is 0.244 e. The Hall–Kier alpha value is -3.01. The van der Waals surface area contributed by atoms with Crippen molar-refractivity contribution in [3.8, 4) is 0 Å². The summed E-state index contributed by atoms with van der Waals surface area (Å²) in [5.74, 6) is -2.63. The summed E-state index contributed by atoms with van der Waals surface area (Å²) in [6, 6.07) is 9.91. The van der Waals surface area contributed by atoms with Gasteiger partial charge in [-0.25, -0.2) is 17.2 Å². The molecule has 0 aliphatic heterocycles. The van der Waals surface area contributed by atoms with Gasteiger partial charge in [0, 0.05) is 18.7 Å². The maximum atomic E-state index is 14.3. The molecule has 2 amide bonds. The third-order valence-corrected chi connectivity index (χ3v) is 5.94. The number of sulfonamides is 1. The van der Waals surface area contributed by atoms with Crippen molar-refractivity contribution < 1.29 is 26.8 Å². The summed E-state index contributed by atoms with van der Waals surface area (Å²) in [7, 11) is -4.04. The summed E-state index contributed by atoms with van der Waals surface area (Å²) in [4.78, 5) is 26.8. The minimum absolute atomic E-state index is 0.160. The van der Waals surface area contributed by atoms with Crippen molar-refractivity contribution in [2.75, 3.05) is 23.7 Å². The number of carbonyl (C=O) groups is 2. The lowest BCUT2D eigenvalue weighted by molar-refractivity contribution is -0.139. The number of hydrogen-bond acceptors (Lipinski definition) is 4. The predicted molar refractivity (Wildman–Crippen MR) is 118 cm³/mol. The van der Waals surface area contributed by atoms with Crippen LogP contribution in [0, 0.1) is 11.6 Å². The van der Waals surface area contributed by atoms with E-state index < -0.39 is 46.1 Å². The zero-order valence-corrected chi connectivity index (χ0v) is 19.0. The van der Waals surface area contributed by atoms with E-state index in [4.69, 9.17) is 0 Å². The van der Waals surface area contributed by atoms with Crippen molar-refractivity contribution in [2.24, 2.45) is 0 Å². The number of nitrogens with one attached hydrogen (secondary N) is 1. The summed E-state index contributed by atoms with van der Waals surface area (Å²) in [5, 5.41) is 2.67. The molecule has 0 fully saturated rings. The summed E-state index contributed by atoms with van der Waals surface area (Å²) in [5.41, 5.74) is -0.134. The Morgan fingerprint density at radius 1 is 1.03 bits per heavy atom. The molecule has 7 nitrogen and oxygen atoms in total. The third-order valence-electron chi connectivity index (χ3n) is 4.82. The Morgan fingerprint density at radius 3 is 2.19 bits per heavy atom. The van der Waals surface area contributed by atoms with Gasteiger partial charge in [-0.15, -0.1) is 0 Å². The molecular formula is C22H27F2N3O4S. The van der Waals surface area contributed by atoms with E-state index in [2.05, 4.69) is 5.32 Å². The first-order valence-corrected chi connectivity index (χ1v) is 11.9. The van der Waals surface area contributed by atoms with Gasteiger partial charge in [0.25, 0.3) is 0 Å². The Labute approximate surface area is 187 Å². The highest BCUT2D eigenvalue weighted by Gasteiger charge is 2.31.